The molecule has 2 rings (SSSR count). The van der Waals surface area contributed by atoms with Crippen molar-refractivity contribution in [2.24, 2.45) is 0 Å². The van der Waals surface area contributed by atoms with Crippen LogP contribution in [0.5, 0.6) is 0 Å². The zero-order valence-corrected chi connectivity index (χ0v) is 9.81. The van der Waals surface area contributed by atoms with Crippen molar-refractivity contribution in [3.63, 3.8) is 0 Å². The maximum Gasteiger partial charge on any atom is 0.271 e. The maximum absolute atomic E-state index is 11.8. The highest BCUT2D eigenvalue weighted by atomic mass is 35.5. The third-order valence-corrected chi connectivity index (χ3v) is 3.37. The average Bonchev–Trinajstić information content (AvgIpc) is 2.70. The van der Waals surface area contributed by atoms with Gasteiger partial charge in [0.25, 0.3) is 5.56 Å². The molecule has 0 aliphatic heterocycles. The van der Waals surface area contributed by atoms with Gasteiger partial charge in [0.05, 0.1) is 18.4 Å². The minimum Gasteiger partial charge on any atom is -0.293 e. The molecule has 0 atom stereocenters. The van der Waals surface area contributed by atoms with Crippen molar-refractivity contribution in [2.75, 3.05) is 0 Å². The first-order valence-electron chi connectivity index (χ1n) is 4.10. The van der Waals surface area contributed by atoms with E-state index in [0.717, 1.165) is 0 Å². The Morgan fingerprint density at radius 1 is 1.67 bits per heavy atom. The fourth-order valence-corrected chi connectivity index (χ4v) is 2.18. The Bertz CT molecular complexity index is 573. The number of nitrogens with zero attached hydrogens (tertiary/aromatic N) is 2. The molecule has 0 unspecified atom stereocenters. The molecule has 0 saturated heterocycles. The summed E-state index contributed by atoms with van der Waals surface area (Å²) in [6, 6.07) is 1.81. The van der Waals surface area contributed by atoms with Gasteiger partial charge in [0.1, 0.15) is 4.70 Å². The second kappa shape index (κ2) is 4.35. The quantitative estimate of drug-likeness (QED) is 0.833. The maximum atomic E-state index is 11.8. The molecule has 0 aliphatic rings. The van der Waals surface area contributed by atoms with Crippen LogP contribution in [0.15, 0.2) is 33.1 Å². The summed E-state index contributed by atoms with van der Waals surface area (Å²) >= 11 is 12.5. The molecule has 2 aromatic heterocycles. The van der Waals surface area contributed by atoms with Gasteiger partial charge in [0, 0.05) is 10.6 Å². The summed E-state index contributed by atoms with van der Waals surface area (Å²) in [6.07, 6.45) is 1.47. The van der Waals surface area contributed by atoms with Crippen molar-refractivity contribution in [2.45, 2.75) is 6.54 Å². The van der Waals surface area contributed by atoms with Crippen molar-refractivity contribution in [3.8, 4) is 0 Å². The first kappa shape index (κ1) is 10.7. The molecule has 0 fully saturated rings. The average molecular weight is 261 g/mol. The van der Waals surface area contributed by atoms with Gasteiger partial charge in [0.15, 0.2) is 0 Å². The number of allylic oxidation sites excluding steroid dienone is 1. The minimum absolute atomic E-state index is 0.0910. The van der Waals surface area contributed by atoms with Crippen molar-refractivity contribution < 1.29 is 0 Å². The molecule has 2 heterocycles. The van der Waals surface area contributed by atoms with E-state index in [1.54, 1.807) is 0 Å². The molecule has 0 bridgehead atoms. The third-order valence-electron chi connectivity index (χ3n) is 1.88. The van der Waals surface area contributed by atoms with E-state index in [9.17, 15) is 4.79 Å². The summed E-state index contributed by atoms with van der Waals surface area (Å²) in [7, 11) is 0. The Labute approximate surface area is 99.6 Å². The van der Waals surface area contributed by atoms with Crippen LogP contribution in [0.1, 0.15) is 0 Å². The smallest absolute Gasteiger partial charge is 0.271 e. The molecule has 3 nitrogen and oxygen atoms in total. The van der Waals surface area contributed by atoms with Gasteiger partial charge in [-0.1, -0.05) is 23.2 Å². The van der Waals surface area contributed by atoms with Gasteiger partial charge in [-0.2, -0.15) is 0 Å². The SMILES string of the molecule is O=c1c2sccc2ncn1C/C(Cl)=C\Cl. The summed E-state index contributed by atoms with van der Waals surface area (Å²) < 4.78 is 2.07. The molecule has 6 heteroatoms. The van der Waals surface area contributed by atoms with Crippen LogP contribution in [-0.2, 0) is 6.54 Å². The largest absolute Gasteiger partial charge is 0.293 e. The summed E-state index contributed by atoms with van der Waals surface area (Å²) in [5, 5.41) is 2.24. The lowest BCUT2D eigenvalue weighted by atomic mass is 10.4. The van der Waals surface area contributed by atoms with Gasteiger partial charge >= 0.3 is 0 Å². The lowest BCUT2D eigenvalue weighted by molar-refractivity contribution is 0.760. The van der Waals surface area contributed by atoms with Crippen LogP contribution in [-0.4, -0.2) is 9.55 Å². The Balaban J connectivity index is 2.53. The fourth-order valence-electron chi connectivity index (χ4n) is 1.19. The fraction of sp³-hybridized carbons (Fsp3) is 0.111. The summed E-state index contributed by atoms with van der Waals surface area (Å²) in [5.41, 5.74) is 1.87. The normalized spacial score (nSPS) is 12.3. The van der Waals surface area contributed by atoms with Crippen LogP contribution in [0.25, 0.3) is 10.2 Å². The van der Waals surface area contributed by atoms with E-state index in [0.29, 0.717) is 15.2 Å². The first-order valence-corrected chi connectivity index (χ1v) is 5.79. The second-order valence-electron chi connectivity index (χ2n) is 2.87. The number of fused-ring (bicyclic) bond motifs is 1. The molecule has 0 saturated carbocycles. The highest BCUT2D eigenvalue weighted by Gasteiger charge is 2.05. The monoisotopic (exact) mass is 260 g/mol. The predicted octanol–water partition coefficient (Wildman–Crippen LogP) is 2.78. The van der Waals surface area contributed by atoms with E-state index in [-0.39, 0.29) is 12.1 Å². The van der Waals surface area contributed by atoms with Crippen LogP contribution >= 0.6 is 34.5 Å². The van der Waals surface area contributed by atoms with Crippen LogP contribution in [0.3, 0.4) is 0 Å². The van der Waals surface area contributed by atoms with E-state index in [4.69, 9.17) is 23.2 Å². The van der Waals surface area contributed by atoms with Gasteiger partial charge in [0.2, 0.25) is 0 Å². The lowest BCUT2D eigenvalue weighted by Crippen LogP contribution is -2.19. The van der Waals surface area contributed by atoms with E-state index in [1.165, 1.54) is 27.8 Å². The van der Waals surface area contributed by atoms with Gasteiger partial charge in [-0.3, -0.25) is 9.36 Å². The Kier molecular flexibility index (Phi) is 3.09. The standard InChI is InChI=1S/C9H6Cl2N2OS/c10-3-6(11)4-13-5-12-7-1-2-15-8(7)9(13)14/h1-3,5H,4H2/b6-3+. The molecular weight excluding hydrogens is 255 g/mol. The first-order chi connectivity index (χ1) is 7.22. The van der Waals surface area contributed by atoms with E-state index in [2.05, 4.69) is 4.98 Å². The number of rotatable bonds is 2. The molecule has 0 amide bonds. The molecule has 0 spiro atoms. The topological polar surface area (TPSA) is 34.9 Å². The molecule has 0 radical (unpaired) electrons. The molecule has 78 valence electrons. The van der Waals surface area contributed by atoms with Crippen LogP contribution < -0.4 is 5.56 Å². The summed E-state index contributed by atoms with van der Waals surface area (Å²) in [6.45, 7) is 0.255. The van der Waals surface area contributed by atoms with E-state index < -0.39 is 0 Å². The van der Waals surface area contributed by atoms with Gasteiger partial charge < -0.3 is 0 Å². The number of halogens is 2. The Morgan fingerprint density at radius 3 is 3.20 bits per heavy atom. The van der Waals surface area contributed by atoms with Gasteiger partial charge in [-0.05, 0) is 11.4 Å². The van der Waals surface area contributed by atoms with Crippen molar-refractivity contribution in [1.29, 1.82) is 0 Å². The molecular formula is C9H6Cl2N2OS. The van der Waals surface area contributed by atoms with Crippen molar-refractivity contribution >= 4 is 44.8 Å². The minimum atomic E-state index is -0.0910. The second-order valence-corrected chi connectivity index (χ2v) is 4.49. The van der Waals surface area contributed by atoms with Crippen LogP contribution in [0, 0.1) is 0 Å². The zero-order valence-electron chi connectivity index (χ0n) is 7.48. The highest BCUT2D eigenvalue weighted by molar-refractivity contribution is 7.17. The van der Waals surface area contributed by atoms with Crippen LogP contribution in [0.2, 0.25) is 0 Å². The van der Waals surface area contributed by atoms with E-state index in [1.807, 2.05) is 11.4 Å². The molecule has 15 heavy (non-hydrogen) atoms. The lowest BCUT2D eigenvalue weighted by Gasteiger charge is -2.02. The summed E-state index contributed by atoms with van der Waals surface area (Å²) in [5.74, 6) is 0. The third kappa shape index (κ3) is 2.07. The number of hydrogen-bond acceptors (Lipinski definition) is 3. The highest BCUT2D eigenvalue weighted by Crippen LogP contribution is 2.14. The van der Waals surface area contributed by atoms with Gasteiger partial charge in [-0.15, -0.1) is 11.3 Å². The van der Waals surface area contributed by atoms with Crippen molar-refractivity contribution in [1.82, 2.24) is 9.55 Å². The number of thiophene rings is 1. The zero-order chi connectivity index (χ0) is 10.8. The van der Waals surface area contributed by atoms with E-state index >= 15 is 0 Å². The van der Waals surface area contributed by atoms with Gasteiger partial charge in [-0.25, -0.2) is 4.98 Å². The predicted molar refractivity (Wildman–Crippen MR) is 63.7 cm³/mol. The summed E-state index contributed by atoms with van der Waals surface area (Å²) in [4.78, 5) is 16.0. The molecule has 2 aromatic rings. The van der Waals surface area contributed by atoms with Crippen molar-refractivity contribution in [3.05, 3.63) is 38.7 Å². The Morgan fingerprint density at radius 2 is 2.47 bits per heavy atom. The Hall–Kier alpha value is -0.840. The molecule has 0 N–H and O–H groups in total. The molecule has 0 aromatic carbocycles. The number of hydrogen-bond donors (Lipinski definition) is 0. The number of aromatic nitrogens is 2. The molecule has 0 aliphatic carbocycles. The van der Waals surface area contributed by atoms with Crippen LogP contribution in [0.4, 0.5) is 0 Å².